The zero-order valence-corrected chi connectivity index (χ0v) is 17.6. The predicted molar refractivity (Wildman–Crippen MR) is 119 cm³/mol. The van der Waals surface area contributed by atoms with E-state index in [0.29, 0.717) is 17.8 Å². The van der Waals surface area contributed by atoms with Gasteiger partial charge in [0.25, 0.3) is 5.91 Å². The van der Waals surface area contributed by atoms with E-state index < -0.39 is 12.1 Å². The molecule has 2 amide bonds. The van der Waals surface area contributed by atoms with Gasteiger partial charge in [0.15, 0.2) is 5.76 Å². The van der Waals surface area contributed by atoms with Crippen LogP contribution in [0.2, 0.25) is 0 Å². The highest BCUT2D eigenvalue weighted by Crippen LogP contribution is 2.26. The van der Waals surface area contributed by atoms with E-state index in [1.807, 2.05) is 18.2 Å². The van der Waals surface area contributed by atoms with Gasteiger partial charge in [0.2, 0.25) is 5.91 Å². The minimum absolute atomic E-state index is 0.0340. The van der Waals surface area contributed by atoms with Gasteiger partial charge < -0.3 is 24.5 Å². The molecule has 2 aromatic carbocycles. The van der Waals surface area contributed by atoms with Crippen LogP contribution in [-0.4, -0.2) is 47.6 Å². The molecule has 0 saturated carbocycles. The summed E-state index contributed by atoms with van der Waals surface area (Å²) in [6, 6.07) is 19.8. The van der Waals surface area contributed by atoms with Crippen molar-refractivity contribution in [3.63, 3.8) is 0 Å². The first-order chi connectivity index (χ1) is 15.6. The van der Waals surface area contributed by atoms with Gasteiger partial charge in [-0.25, -0.2) is 0 Å². The molecule has 0 aliphatic carbocycles. The Morgan fingerprint density at radius 1 is 1.09 bits per heavy atom. The van der Waals surface area contributed by atoms with Gasteiger partial charge in [-0.05, 0) is 48.2 Å². The van der Waals surface area contributed by atoms with Gasteiger partial charge >= 0.3 is 0 Å². The third kappa shape index (κ3) is 5.25. The number of nitrogens with zero attached hydrogens (tertiary/aromatic N) is 1. The number of ether oxygens (including phenoxy) is 1. The summed E-state index contributed by atoms with van der Waals surface area (Å²) in [5.74, 6) is -0.243. The van der Waals surface area contributed by atoms with Crippen molar-refractivity contribution in [2.45, 2.75) is 25.0 Å². The molecule has 0 radical (unpaired) electrons. The summed E-state index contributed by atoms with van der Waals surface area (Å²) in [5.41, 5.74) is 2.45. The summed E-state index contributed by atoms with van der Waals surface area (Å²) in [6.07, 6.45) is 2.20. The molecule has 1 saturated heterocycles. The van der Waals surface area contributed by atoms with E-state index in [9.17, 15) is 14.7 Å². The van der Waals surface area contributed by atoms with E-state index in [2.05, 4.69) is 17.4 Å². The van der Waals surface area contributed by atoms with Crippen LogP contribution in [-0.2, 0) is 16.0 Å². The van der Waals surface area contributed by atoms with E-state index in [0.717, 1.165) is 12.8 Å². The average Bonchev–Trinajstić information content (AvgIpc) is 3.36. The molecule has 3 aromatic rings. The Kier molecular flexibility index (Phi) is 6.99. The molecule has 166 valence electrons. The molecule has 7 heteroatoms. The molecule has 32 heavy (non-hydrogen) atoms. The van der Waals surface area contributed by atoms with Crippen molar-refractivity contribution in [2.75, 3.05) is 25.1 Å². The van der Waals surface area contributed by atoms with Gasteiger partial charge in [0.1, 0.15) is 12.7 Å². The molecule has 0 unspecified atom stereocenters. The van der Waals surface area contributed by atoms with Crippen LogP contribution in [0.4, 0.5) is 5.69 Å². The van der Waals surface area contributed by atoms with Crippen LogP contribution >= 0.6 is 0 Å². The Labute approximate surface area is 186 Å². The van der Waals surface area contributed by atoms with E-state index in [-0.39, 0.29) is 30.8 Å². The van der Waals surface area contributed by atoms with Crippen LogP contribution in [0.25, 0.3) is 0 Å². The number of rotatable bonds is 8. The van der Waals surface area contributed by atoms with Crippen molar-refractivity contribution in [3.8, 4) is 0 Å². The van der Waals surface area contributed by atoms with E-state index in [1.54, 1.807) is 41.3 Å². The summed E-state index contributed by atoms with van der Waals surface area (Å²) >= 11 is 0. The molecule has 0 bridgehead atoms. The lowest BCUT2D eigenvalue weighted by atomic mass is 9.99. The van der Waals surface area contributed by atoms with Crippen LogP contribution in [0.1, 0.15) is 34.2 Å². The fourth-order valence-electron chi connectivity index (χ4n) is 3.86. The van der Waals surface area contributed by atoms with Crippen LogP contribution in [0.5, 0.6) is 0 Å². The molecule has 1 aromatic heterocycles. The van der Waals surface area contributed by atoms with Crippen molar-refractivity contribution >= 4 is 17.5 Å². The molecule has 7 nitrogen and oxygen atoms in total. The second kappa shape index (κ2) is 10.3. The number of aliphatic hydroxyl groups is 1. The highest BCUT2D eigenvalue weighted by Gasteiger charge is 2.34. The Bertz CT molecular complexity index is 1020. The number of anilines is 1. The summed E-state index contributed by atoms with van der Waals surface area (Å²) in [6.45, 7) is 0.859. The zero-order chi connectivity index (χ0) is 22.3. The lowest BCUT2D eigenvalue weighted by Gasteiger charge is -2.38. The molecular formula is C25H26N2O5. The molecule has 1 aliphatic heterocycles. The fraction of sp³-hybridized carbons (Fsp3) is 0.280. The predicted octanol–water partition coefficient (Wildman–Crippen LogP) is 3.43. The molecule has 2 heterocycles. The number of morpholine rings is 1. The van der Waals surface area contributed by atoms with Gasteiger partial charge in [0.05, 0.1) is 18.9 Å². The van der Waals surface area contributed by atoms with Crippen LogP contribution in [0.3, 0.4) is 0 Å². The largest absolute Gasteiger partial charge is 0.459 e. The van der Waals surface area contributed by atoms with E-state index >= 15 is 0 Å². The summed E-state index contributed by atoms with van der Waals surface area (Å²) in [5, 5.41) is 13.7. The Balaban J connectivity index is 1.38. The SMILES string of the molecule is O=C(Nc1ccc([C@@H](O)[C@H]2COCC(=O)N2CCCc2ccccc2)cc1)c1ccco1. The molecular weight excluding hydrogens is 408 g/mol. The van der Waals surface area contributed by atoms with E-state index in [1.165, 1.54) is 11.8 Å². The number of aryl methyl sites for hydroxylation is 1. The monoisotopic (exact) mass is 434 g/mol. The molecule has 1 fully saturated rings. The molecule has 2 atom stereocenters. The van der Waals surface area contributed by atoms with Crippen LogP contribution in [0, 0.1) is 0 Å². The molecule has 0 spiro atoms. The third-order valence-corrected chi connectivity index (χ3v) is 5.56. The maximum Gasteiger partial charge on any atom is 0.291 e. The molecule has 4 rings (SSSR count). The molecule has 1 aliphatic rings. The first-order valence-electron chi connectivity index (χ1n) is 10.7. The third-order valence-electron chi connectivity index (χ3n) is 5.56. The van der Waals surface area contributed by atoms with Crippen molar-refractivity contribution in [1.82, 2.24) is 4.90 Å². The molecule has 2 N–H and O–H groups in total. The maximum absolute atomic E-state index is 12.5. The quantitative estimate of drug-likeness (QED) is 0.567. The fourth-order valence-corrected chi connectivity index (χ4v) is 3.86. The highest BCUT2D eigenvalue weighted by molar-refractivity contribution is 6.02. The van der Waals surface area contributed by atoms with Gasteiger partial charge in [0, 0.05) is 12.2 Å². The van der Waals surface area contributed by atoms with Crippen molar-refractivity contribution in [2.24, 2.45) is 0 Å². The number of benzene rings is 2. The number of amides is 2. The number of nitrogens with one attached hydrogen (secondary N) is 1. The lowest BCUT2D eigenvalue weighted by Crippen LogP contribution is -2.52. The van der Waals surface area contributed by atoms with Crippen LogP contribution < -0.4 is 5.32 Å². The van der Waals surface area contributed by atoms with Gasteiger partial charge in [-0.1, -0.05) is 42.5 Å². The normalized spacial score (nSPS) is 17.2. The Morgan fingerprint density at radius 3 is 2.59 bits per heavy atom. The number of hydrogen-bond donors (Lipinski definition) is 2. The summed E-state index contributed by atoms with van der Waals surface area (Å²) in [7, 11) is 0. The number of hydrogen-bond acceptors (Lipinski definition) is 5. The van der Waals surface area contributed by atoms with Gasteiger partial charge in [-0.15, -0.1) is 0 Å². The maximum atomic E-state index is 12.5. The highest BCUT2D eigenvalue weighted by atomic mass is 16.5. The number of carbonyl (C=O) groups excluding carboxylic acids is 2. The van der Waals surface area contributed by atoms with Crippen molar-refractivity contribution < 1.29 is 23.8 Å². The second-order valence-electron chi connectivity index (χ2n) is 7.76. The minimum atomic E-state index is -0.897. The lowest BCUT2D eigenvalue weighted by molar-refractivity contribution is -0.154. The topological polar surface area (TPSA) is 92.0 Å². The zero-order valence-electron chi connectivity index (χ0n) is 17.6. The first kappa shape index (κ1) is 21.8. The van der Waals surface area contributed by atoms with Crippen molar-refractivity contribution in [1.29, 1.82) is 0 Å². The van der Waals surface area contributed by atoms with E-state index in [4.69, 9.17) is 9.15 Å². The minimum Gasteiger partial charge on any atom is -0.459 e. The summed E-state index contributed by atoms with van der Waals surface area (Å²) in [4.78, 5) is 26.3. The Morgan fingerprint density at radius 2 is 1.88 bits per heavy atom. The number of furan rings is 1. The van der Waals surface area contributed by atoms with Crippen LogP contribution in [0.15, 0.2) is 77.4 Å². The Hall–Kier alpha value is -3.42. The standard InChI is InChI=1S/C25H26N2O5/c28-23-17-31-16-21(27(23)14-4-8-18-6-2-1-3-7-18)24(29)19-10-12-20(13-11-19)26-25(30)22-9-5-15-32-22/h1-3,5-7,9-13,15,21,24,29H,4,8,14,16-17H2,(H,26,30)/t21-,24-/m1/s1. The number of aliphatic hydroxyl groups excluding tert-OH is 1. The first-order valence-corrected chi connectivity index (χ1v) is 10.7. The van der Waals surface area contributed by atoms with Gasteiger partial charge in [-0.2, -0.15) is 0 Å². The average molecular weight is 434 g/mol. The second-order valence-corrected chi connectivity index (χ2v) is 7.76. The number of carbonyl (C=O) groups is 2. The summed E-state index contributed by atoms with van der Waals surface area (Å²) < 4.78 is 10.5. The van der Waals surface area contributed by atoms with Gasteiger partial charge in [-0.3, -0.25) is 9.59 Å². The smallest absolute Gasteiger partial charge is 0.291 e. The van der Waals surface area contributed by atoms with Crippen molar-refractivity contribution in [3.05, 3.63) is 89.9 Å².